The zero-order valence-corrected chi connectivity index (χ0v) is 19.9. The molecule has 1 atom stereocenters. The lowest BCUT2D eigenvalue weighted by Crippen LogP contribution is -2.42. The van der Waals surface area contributed by atoms with Crippen LogP contribution in [0.15, 0.2) is 30.5 Å². The molecule has 1 saturated heterocycles. The number of ether oxygens (including phenoxy) is 2. The second-order valence-electron chi connectivity index (χ2n) is 9.33. The van der Waals surface area contributed by atoms with Gasteiger partial charge in [-0.2, -0.15) is 5.10 Å². The summed E-state index contributed by atoms with van der Waals surface area (Å²) in [7, 11) is 0. The SMILES string of the molecule is CC(C)(C)OC(=O)N1CCC(n2ccc(NC(=O)N[C@H]3CCOc4c(Cl)cccc43)n2)CC1. The Morgan fingerprint density at radius 3 is 2.67 bits per heavy atom. The monoisotopic (exact) mass is 475 g/mol. The number of nitrogens with zero attached hydrogens (tertiary/aromatic N) is 3. The molecule has 0 bridgehead atoms. The van der Waals surface area contributed by atoms with Crippen LogP contribution in [0.25, 0.3) is 0 Å². The number of carbonyl (C=O) groups is 2. The highest BCUT2D eigenvalue weighted by Crippen LogP contribution is 2.37. The zero-order valence-electron chi connectivity index (χ0n) is 19.1. The summed E-state index contributed by atoms with van der Waals surface area (Å²) < 4.78 is 13.0. The van der Waals surface area contributed by atoms with Crippen molar-refractivity contribution in [3.05, 3.63) is 41.0 Å². The van der Waals surface area contributed by atoms with Crippen molar-refractivity contribution in [2.45, 2.75) is 57.7 Å². The normalized spacial score (nSPS) is 18.8. The number of nitrogens with one attached hydrogen (secondary N) is 2. The van der Waals surface area contributed by atoms with Gasteiger partial charge in [-0.3, -0.25) is 10.00 Å². The van der Waals surface area contributed by atoms with Crippen LogP contribution in [-0.2, 0) is 4.74 Å². The van der Waals surface area contributed by atoms with Crippen molar-refractivity contribution < 1.29 is 19.1 Å². The second kappa shape index (κ2) is 9.51. The first-order valence-corrected chi connectivity index (χ1v) is 11.6. The Balaban J connectivity index is 1.30. The van der Waals surface area contributed by atoms with E-state index in [2.05, 4.69) is 15.7 Å². The van der Waals surface area contributed by atoms with Crippen LogP contribution in [0.4, 0.5) is 15.4 Å². The molecule has 10 heteroatoms. The minimum atomic E-state index is -0.504. The summed E-state index contributed by atoms with van der Waals surface area (Å²) in [6.45, 7) is 7.28. The first-order valence-electron chi connectivity index (χ1n) is 11.2. The molecule has 2 aromatic rings. The summed E-state index contributed by atoms with van der Waals surface area (Å²) in [4.78, 5) is 26.6. The van der Waals surface area contributed by atoms with Crippen molar-refractivity contribution in [3.63, 3.8) is 0 Å². The average molecular weight is 476 g/mol. The second-order valence-corrected chi connectivity index (χ2v) is 9.73. The van der Waals surface area contributed by atoms with Gasteiger partial charge in [-0.05, 0) is 39.7 Å². The lowest BCUT2D eigenvalue weighted by Gasteiger charge is -2.33. The van der Waals surface area contributed by atoms with Gasteiger partial charge in [-0.1, -0.05) is 23.7 Å². The number of urea groups is 1. The van der Waals surface area contributed by atoms with Crippen molar-refractivity contribution in [2.75, 3.05) is 25.0 Å². The third kappa shape index (κ3) is 5.71. The molecule has 2 aliphatic heterocycles. The van der Waals surface area contributed by atoms with E-state index in [-0.39, 0.29) is 24.2 Å². The van der Waals surface area contributed by atoms with Gasteiger partial charge in [0.2, 0.25) is 0 Å². The molecule has 9 nitrogen and oxygen atoms in total. The minimum Gasteiger partial charge on any atom is -0.492 e. The molecule has 178 valence electrons. The summed E-state index contributed by atoms with van der Waals surface area (Å²) >= 11 is 6.21. The number of rotatable bonds is 3. The lowest BCUT2D eigenvalue weighted by molar-refractivity contribution is 0.0185. The lowest BCUT2D eigenvalue weighted by atomic mass is 10.0. The molecule has 1 aromatic heterocycles. The molecule has 4 rings (SSSR count). The maximum Gasteiger partial charge on any atom is 0.410 e. The van der Waals surface area contributed by atoms with E-state index in [1.165, 1.54) is 0 Å². The number of likely N-dealkylation sites (tertiary alicyclic amines) is 1. The van der Waals surface area contributed by atoms with Crippen molar-refractivity contribution in [3.8, 4) is 5.75 Å². The highest BCUT2D eigenvalue weighted by Gasteiger charge is 2.28. The van der Waals surface area contributed by atoms with Gasteiger partial charge in [0, 0.05) is 37.3 Å². The van der Waals surface area contributed by atoms with Crippen molar-refractivity contribution in [1.82, 2.24) is 20.0 Å². The van der Waals surface area contributed by atoms with Crippen LogP contribution in [0.3, 0.4) is 0 Å². The highest BCUT2D eigenvalue weighted by atomic mass is 35.5. The van der Waals surface area contributed by atoms with Crippen LogP contribution in [0, 0.1) is 0 Å². The Morgan fingerprint density at radius 2 is 1.94 bits per heavy atom. The summed E-state index contributed by atoms with van der Waals surface area (Å²) in [5, 5.41) is 10.8. The molecule has 0 radical (unpaired) electrons. The van der Waals surface area contributed by atoms with Crippen LogP contribution in [-0.4, -0.2) is 52.1 Å². The van der Waals surface area contributed by atoms with Gasteiger partial charge >= 0.3 is 12.1 Å². The standard InChI is InChI=1S/C23H30ClN5O4/c1-23(2,3)33-22(31)28-11-7-15(8-12-28)29-13-9-19(27-29)26-21(30)25-18-10-14-32-20-16(18)5-4-6-17(20)24/h4-6,9,13,15,18H,7-8,10-12,14H2,1-3H3,(H2,25,26,27,30)/t18-/m0/s1. The number of carbonyl (C=O) groups excluding carboxylic acids is 2. The summed E-state index contributed by atoms with van der Waals surface area (Å²) in [6.07, 6.45) is 3.77. The molecular formula is C23H30ClN5O4. The molecule has 2 N–H and O–H groups in total. The summed E-state index contributed by atoms with van der Waals surface area (Å²) in [5.74, 6) is 1.10. The van der Waals surface area contributed by atoms with Crippen LogP contribution < -0.4 is 15.4 Å². The van der Waals surface area contributed by atoms with Crippen molar-refractivity contribution >= 4 is 29.5 Å². The van der Waals surface area contributed by atoms with E-state index in [9.17, 15) is 9.59 Å². The van der Waals surface area contributed by atoms with E-state index in [0.29, 0.717) is 42.7 Å². The summed E-state index contributed by atoms with van der Waals surface area (Å²) in [6, 6.07) is 6.93. The van der Waals surface area contributed by atoms with Crippen LogP contribution in [0.2, 0.25) is 5.02 Å². The fourth-order valence-corrected chi connectivity index (χ4v) is 4.33. The van der Waals surface area contributed by atoms with Gasteiger partial charge < -0.3 is 19.7 Å². The Hall–Kier alpha value is -2.94. The highest BCUT2D eigenvalue weighted by molar-refractivity contribution is 6.32. The van der Waals surface area contributed by atoms with Crippen molar-refractivity contribution in [1.29, 1.82) is 0 Å². The van der Waals surface area contributed by atoms with E-state index in [1.54, 1.807) is 17.0 Å². The molecular weight excluding hydrogens is 446 g/mol. The number of hydrogen-bond donors (Lipinski definition) is 2. The largest absolute Gasteiger partial charge is 0.492 e. The number of fused-ring (bicyclic) bond motifs is 1. The molecule has 2 aliphatic rings. The fourth-order valence-electron chi connectivity index (χ4n) is 4.09. The molecule has 0 spiro atoms. The zero-order chi connectivity index (χ0) is 23.6. The molecule has 1 aromatic carbocycles. The third-order valence-electron chi connectivity index (χ3n) is 5.67. The molecule has 33 heavy (non-hydrogen) atoms. The van der Waals surface area contributed by atoms with Gasteiger partial charge in [0.15, 0.2) is 5.82 Å². The van der Waals surface area contributed by atoms with Gasteiger partial charge in [0.05, 0.1) is 23.7 Å². The van der Waals surface area contributed by atoms with Crippen LogP contribution in [0.5, 0.6) is 5.75 Å². The van der Waals surface area contributed by atoms with Gasteiger partial charge in [-0.25, -0.2) is 9.59 Å². The number of aromatic nitrogens is 2. The van der Waals surface area contributed by atoms with Gasteiger partial charge in [-0.15, -0.1) is 0 Å². The molecule has 1 fully saturated rings. The van der Waals surface area contributed by atoms with Crippen LogP contribution in [0.1, 0.15) is 57.7 Å². The number of halogens is 1. The Morgan fingerprint density at radius 1 is 1.18 bits per heavy atom. The number of benzene rings is 1. The van der Waals surface area contributed by atoms with E-state index in [0.717, 1.165) is 18.4 Å². The molecule has 0 aliphatic carbocycles. The molecule has 3 amide bonds. The van der Waals surface area contributed by atoms with Gasteiger partial charge in [0.1, 0.15) is 11.4 Å². The first-order chi connectivity index (χ1) is 15.7. The van der Waals surface area contributed by atoms with E-state index >= 15 is 0 Å². The quantitative estimate of drug-likeness (QED) is 0.667. The number of piperidine rings is 1. The Labute approximate surface area is 198 Å². The smallest absolute Gasteiger partial charge is 0.410 e. The number of hydrogen-bond acceptors (Lipinski definition) is 5. The number of anilines is 1. The predicted octanol–water partition coefficient (Wildman–Crippen LogP) is 4.75. The molecule has 3 heterocycles. The van der Waals surface area contributed by atoms with E-state index < -0.39 is 5.60 Å². The molecule has 0 unspecified atom stereocenters. The van der Waals surface area contributed by atoms with Crippen molar-refractivity contribution in [2.24, 2.45) is 0 Å². The molecule has 0 saturated carbocycles. The fraction of sp³-hybridized carbons (Fsp3) is 0.522. The Bertz CT molecular complexity index is 1010. The minimum absolute atomic E-state index is 0.159. The maximum absolute atomic E-state index is 12.6. The Kier molecular flexibility index (Phi) is 6.69. The average Bonchev–Trinajstić information content (AvgIpc) is 3.22. The first kappa shape index (κ1) is 23.2. The van der Waals surface area contributed by atoms with E-state index in [4.69, 9.17) is 21.1 Å². The third-order valence-corrected chi connectivity index (χ3v) is 5.97. The topological polar surface area (TPSA) is 97.7 Å². The number of para-hydroxylation sites is 1. The van der Waals surface area contributed by atoms with Crippen LogP contribution >= 0.6 is 11.6 Å². The predicted molar refractivity (Wildman–Crippen MR) is 125 cm³/mol. The summed E-state index contributed by atoms with van der Waals surface area (Å²) in [5.41, 5.74) is 0.363. The maximum atomic E-state index is 12.6. The van der Waals surface area contributed by atoms with E-state index in [1.807, 2.05) is 43.8 Å². The van der Waals surface area contributed by atoms with Gasteiger partial charge in [0.25, 0.3) is 0 Å². The number of amides is 3.